The minimum absolute atomic E-state index is 0.0814. The lowest BCUT2D eigenvalue weighted by molar-refractivity contribution is -0.149. The molecule has 0 radical (unpaired) electrons. The zero-order chi connectivity index (χ0) is 42.5. The van der Waals surface area contributed by atoms with Crippen molar-refractivity contribution >= 4 is 61.5 Å². The summed E-state index contributed by atoms with van der Waals surface area (Å²) >= 11 is 8.62. The first-order valence-electron chi connectivity index (χ1n) is 21.5. The fourth-order valence-electron chi connectivity index (χ4n) is 9.21. The monoisotopic (exact) mass is 881 g/mol. The lowest BCUT2D eigenvalue weighted by atomic mass is 9.81. The quantitative estimate of drug-likeness (QED) is 0.143. The summed E-state index contributed by atoms with van der Waals surface area (Å²) in [5, 5.41) is 3.15. The lowest BCUT2D eigenvalue weighted by Gasteiger charge is -2.40. The zero-order valence-electron chi connectivity index (χ0n) is 34.9. The molecule has 5 fully saturated rings. The number of carbonyl (C=O) groups excluding carboxylic acids is 3. The molecule has 0 unspecified atom stereocenters. The molecule has 8 rings (SSSR count). The first kappa shape index (κ1) is 43.0. The second kappa shape index (κ2) is 17.3. The van der Waals surface area contributed by atoms with Crippen molar-refractivity contribution in [2.24, 2.45) is 23.2 Å². The van der Waals surface area contributed by atoms with Crippen LogP contribution in [0, 0.1) is 23.2 Å². The Bertz CT molecular complexity index is 2260. The zero-order valence-corrected chi connectivity index (χ0v) is 37.3. The van der Waals surface area contributed by atoms with E-state index in [0.29, 0.717) is 90.1 Å². The number of hydrogen-bond donors (Lipinski definition) is 1. The summed E-state index contributed by atoms with van der Waals surface area (Å²) in [5.41, 5.74) is 0.786. The van der Waals surface area contributed by atoms with Gasteiger partial charge in [-0.25, -0.2) is 18.4 Å². The SMILES string of the molecule is C=C[C@@H]1C[C@]1(CC(=O)[C@@H]1C[C@@H](Oc2cc(-c3nc(C(C)C)cs3)nc3c(Cl)c(OCCN4CCOCC4)ccc23)[C@H]2CC[C@H]([C@H](C)CC)C(=O)N21)C(=O)NS(=O)(=O)C1CC1. The van der Waals surface area contributed by atoms with Gasteiger partial charge in [0.2, 0.25) is 21.8 Å². The van der Waals surface area contributed by atoms with Gasteiger partial charge in [-0.2, -0.15) is 0 Å². The average Bonchev–Trinajstić information content (AvgIpc) is 4.13. The van der Waals surface area contributed by atoms with Crippen molar-refractivity contribution in [3.63, 3.8) is 0 Å². The molecule has 3 saturated heterocycles. The van der Waals surface area contributed by atoms with Crippen LogP contribution in [-0.4, -0.2) is 109 Å². The Morgan fingerprint density at radius 2 is 1.90 bits per heavy atom. The van der Waals surface area contributed by atoms with Gasteiger partial charge in [-0.15, -0.1) is 17.9 Å². The fourth-order valence-corrected chi connectivity index (χ4v) is 11.8. The van der Waals surface area contributed by atoms with Crippen molar-refractivity contribution in [1.82, 2.24) is 24.5 Å². The van der Waals surface area contributed by atoms with E-state index in [1.807, 2.05) is 23.6 Å². The number of amides is 2. The van der Waals surface area contributed by atoms with Crippen molar-refractivity contribution < 1.29 is 37.0 Å². The van der Waals surface area contributed by atoms with Gasteiger partial charge in [0.05, 0.1) is 47.2 Å². The van der Waals surface area contributed by atoms with Crippen LogP contribution in [0.15, 0.2) is 36.2 Å². The summed E-state index contributed by atoms with van der Waals surface area (Å²) in [6.45, 7) is 16.4. The number of hydrogen-bond acceptors (Lipinski definition) is 12. The number of nitrogens with zero attached hydrogens (tertiary/aromatic N) is 4. The van der Waals surface area contributed by atoms with Crippen molar-refractivity contribution in [2.45, 2.75) is 108 Å². The summed E-state index contributed by atoms with van der Waals surface area (Å²) < 4.78 is 46.7. The highest BCUT2D eigenvalue weighted by molar-refractivity contribution is 7.90. The molecule has 2 saturated carbocycles. The molecule has 0 bridgehead atoms. The molecule has 7 atom stereocenters. The Morgan fingerprint density at radius 1 is 1.13 bits per heavy atom. The van der Waals surface area contributed by atoms with Gasteiger partial charge in [-0.05, 0) is 62.0 Å². The number of carbonyl (C=O) groups is 3. The van der Waals surface area contributed by atoms with Crippen LogP contribution in [0.1, 0.15) is 90.7 Å². The third-order valence-corrected chi connectivity index (χ3v) is 16.5. The van der Waals surface area contributed by atoms with E-state index in [2.05, 4.69) is 43.9 Å². The smallest absolute Gasteiger partial charge is 0.240 e. The van der Waals surface area contributed by atoms with Crippen LogP contribution < -0.4 is 14.2 Å². The first-order valence-corrected chi connectivity index (χ1v) is 24.3. The highest BCUT2D eigenvalue weighted by Gasteiger charge is 2.62. The van der Waals surface area contributed by atoms with E-state index < -0.39 is 44.8 Å². The number of aromatic nitrogens is 2. The highest BCUT2D eigenvalue weighted by atomic mass is 35.5. The normalized spacial score (nSPS) is 27.5. The maximum Gasteiger partial charge on any atom is 0.240 e. The molecule has 13 nitrogen and oxygen atoms in total. The maximum atomic E-state index is 14.6. The standard InChI is InChI=1S/C44H56ClN5O8S2/c1-6-26(5)29-10-12-33-38(21-34(50(33)42(29)52)35(51)23-44(22-27(44)7-2)43(53)48-60(54,55)28-8-9-28)58-37-20-31(41-47-32(24-59-41)25(3)4)46-40-30(37)11-13-36(39(40)45)57-19-16-49-14-17-56-18-15-49/h7,11,13,20,24-29,33-34,38H,2,6,8-10,12,14-19,21-23H2,1,3-5H3,(H,48,53)/t26-,27-,29-,33-,34+,38-,44-/m1/s1. The number of allylic oxidation sites excluding steroid dienone is 1. The van der Waals surface area contributed by atoms with Gasteiger partial charge < -0.3 is 19.1 Å². The molecule has 1 aromatic carbocycles. The van der Waals surface area contributed by atoms with Gasteiger partial charge in [0, 0.05) is 55.2 Å². The summed E-state index contributed by atoms with van der Waals surface area (Å²) in [6.07, 6.45) is 4.50. The number of ketones is 1. The number of fused-ring (bicyclic) bond motifs is 2. The molecule has 2 aliphatic carbocycles. The number of Topliss-reactive ketones (excluding diaryl/α,β-unsaturated/α-hetero) is 1. The number of sulfonamides is 1. The van der Waals surface area contributed by atoms with Crippen LogP contribution in [0.2, 0.25) is 5.02 Å². The Labute approximate surface area is 361 Å². The van der Waals surface area contributed by atoms with Gasteiger partial charge in [-0.3, -0.25) is 24.0 Å². The van der Waals surface area contributed by atoms with E-state index in [1.165, 1.54) is 11.3 Å². The minimum atomic E-state index is -3.83. The topological polar surface area (TPSA) is 157 Å². The number of piperidine rings is 1. The Balaban J connectivity index is 1.11. The number of benzene rings is 1. The molecular formula is C44H56ClN5O8S2. The Morgan fingerprint density at radius 3 is 2.57 bits per heavy atom. The molecule has 60 heavy (non-hydrogen) atoms. The molecule has 5 aliphatic rings. The van der Waals surface area contributed by atoms with E-state index in [0.717, 1.165) is 31.7 Å². The van der Waals surface area contributed by atoms with Gasteiger partial charge in [0.1, 0.15) is 39.9 Å². The van der Waals surface area contributed by atoms with E-state index in [4.69, 9.17) is 35.8 Å². The Hall–Kier alpha value is -3.63. The predicted molar refractivity (Wildman–Crippen MR) is 231 cm³/mol. The van der Waals surface area contributed by atoms with E-state index in [1.54, 1.807) is 11.0 Å². The molecular weight excluding hydrogens is 826 g/mol. The molecule has 0 spiro atoms. The highest BCUT2D eigenvalue weighted by Crippen LogP contribution is 2.57. The number of ether oxygens (including phenoxy) is 3. The Kier molecular flexibility index (Phi) is 12.4. The number of morpholine rings is 1. The second-order valence-corrected chi connectivity index (χ2v) is 20.8. The van der Waals surface area contributed by atoms with Crippen LogP contribution >= 0.6 is 22.9 Å². The molecule has 2 aromatic heterocycles. The third-order valence-electron chi connectivity index (χ3n) is 13.4. The van der Waals surface area contributed by atoms with Crippen molar-refractivity contribution in [2.75, 3.05) is 39.5 Å². The largest absolute Gasteiger partial charge is 0.491 e. The average molecular weight is 883 g/mol. The van der Waals surface area contributed by atoms with Crippen molar-refractivity contribution in [3.05, 3.63) is 47.0 Å². The van der Waals surface area contributed by atoms with Crippen LogP contribution in [-0.2, 0) is 29.1 Å². The molecule has 5 heterocycles. The van der Waals surface area contributed by atoms with Crippen LogP contribution in [0.3, 0.4) is 0 Å². The number of halogens is 1. The lowest BCUT2D eigenvalue weighted by Crippen LogP contribution is -2.54. The maximum absolute atomic E-state index is 14.6. The fraction of sp³-hybridized carbons (Fsp3) is 0.614. The molecule has 16 heteroatoms. The van der Waals surface area contributed by atoms with Gasteiger partial charge in [0.25, 0.3) is 0 Å². The number of thiazole rings is 1. The van der Waals surface area contributed by atoms with E-state index in [9.17, 15) is 22.8 Å². The number of rotatable bonds is 17. The molecule has 324 valence electrons. The van der Waals surface area contributed by atoms with Gasteiger partial charge in [-0.1, -0.05) is 51.8 Å². The summed E-state index contributed by atoms with van der Waals surface area (Å²) in [5.74, 6) is -0.304. The number of nitrogens with one attached hydrogen (secondary N) is 1. The summed E-state index contributed by atoms with van der Waals surface area (Å²) in [7, 11) is -3.83. The van der Waals surface area contributed by atoms with Gasteiger partial charge >= 0.3 is 0 Å². The molecule has 2 amide bonds. The van der Waals surface area contributed by atoms with Crippen molar-refractivity contribution in [3.8, 4) is 22.2 Å². The number of pyridine rings is 1. The molecule has 3 aliphatic heterocycles. The third kappa shape index (κ3) is 8.45. The van der Waals surface area contributed by atoms with Crippen molar-refractivity contribution in [1.29, 1.82) is 0 Å². The summed E-state index contributed by atoms with van der Waals surface area (Å²) in [6, 6.07) is 4.32. The second-order valence-electron chi connectivity index (χ2n) is 17.6. The van der Waals surface area contributed by atoms with Crippen LogP contribution in [0.5, 0.6) is 11.5 Å². The van der Waals surface area contributed by atoms with Crippen LogP contribution in [0.25, 0.3) is 21.6 Å². The van der Waals surface area contributed by atoms with Gasteiger partial charge in [0.15, 0.2) is 5.78 Å². The van der Waals surface area contributed by atoms with Crippen LogP contribution in [0.4, 0.5) is 0 Å². The molecule has 3 aromatic rings. The molecule has 1 N–H and O–H groups in total. The first-order chi connectivity index (χ1) is 28.7. The van der Waals surface area contributed by atoms with E-state index >= 15 is 0 Å². The minimum Gasteiger partial charge on any atom is -0.491 e. The van der Waals surface area contributed by atoms with E-state index in [-0.39, 0.29) is 48.2 Å². The summed E-state index contributed by atoms with van der Waals surface area (Å²) in [4.78, 5) is 56.8. The predicted octanol–water partition coefficient (Wildman–Crippen LogP) is 6.78.